The first-order valence-electron chi connectivity index (χ1n) is 3.21. The van der Waals surface area contributed by atoms with Gasteiger partial charge >= 0.3 is 0 Å². The number of terminal acetylenes is 1. The Morgan fingerprint density at radius 1 is 1.55 bits per heavy atom. The van der Waals surface area contributed by atoms with Crippen LogP contribution < -0.4 is 0 Å². The first-order chi connectivity index (χ1) is 5.34. The molecule has 1 unspecified atom stereocenters. The van der Waals surface area contributed by atoms with Crippen LogP contribution in [0.15, 0.2) is 18.7 Å². The number of hydrogen-bond donors (Lipinski definition) is 1. The third kappa shape index (κ3) is 2.03. The lowest BCUT2D eigenvalue weighted by Crippen LogP contribution is -1.96. The Labute approximate surface area is 65.1 Å². The molecule has 0 amide bonds. The molecule has 0 spiro atoms. The van der Waals surface area contributed by atoms with Gasteiger partial charge in [-0.25, -0.2) is 9.97 Å². The molecule has 3 heteroatoms. The molecule has 0 aliphatic heterocycles. The Hall–Kier alpha value is -1.40. The summed E-state index contributed by atoms with van der Waals surface area (Å²) in [5.74, 6) is 2.36. The lowest BCUT2D eigenvalue weighted by atomic mass is 10.1. The summed E-state index contributed by atoms with van der Waals surface area (Å²) < 4.78 is 0. The van der Waals surface area contributed by atoms with Gasteiger partial charge in [0.2, 0.25) is 0 Å². The summed E-state index contributed by atoms with van der Waals surface area (Å²) in [7, 11) is 0. The minimum absolute atomic E-state index is 0.299. The second kappa shape index (κ2) is 3.69. The molecule has 56 valence electrons. The van der Waals surface area contributed by atoms with E-state index < -0.39 is 6.10 Å². The third-order valence-corrected chi connectivity index (χ3v) is 1.28. The zero-order valence-corrected chi connectivity index (χ0v) is 5.94. The van der Waals surface area contributed by atoms with Crippen molar-refractivity contribution < 1.29 is 5.11 Å². The maximum absolute atomic E-state index is 9.30. The Morgan fingerprint density at radius 3 is 2.73 bits per heavy atom. The standard InChI is InChI=1S/C8H8N2O/c1-2-3-8(11)7-4-9-6-10-5-7/h1,4-6,8,11H,3H2. The summed E-state index contributed by atoms with van der Waals surface area (Å²) in [4.78, 5) is 7.50. The first-order valence-corrected chi connectivity index (χ1v) is 3.21. The number of rotatable bonds is 2. The average molecular weight is 148 g/mol. The van der Waals surface area contributed by atoms with Crippen molar-refractivity contribution >= 4 is 0 Å². The molecule has 0 bridgehead atoms. The normalized spacial score (nSPS) is 12.0. The molecule has 1 rings (SSSR count). The molecule has 0 fully saturated rings. The smallest absolute Gasteiger partial charge is 0.115 e. The fraction of sp³-hybridized carbons (Fsp3) is 0.250. The van der Waals surface area contributed by atoms with Gasteiger partial charge in [-0.2, -0.15) is 0 Å². The Balaban J connectivity index is 2.70. The largest absolute Gasteiger partial charge is 0.387 e. The predicted molar refractivity (Wildman–Crippen MR) is 40.4 cm³/mol. The maximum Gasteiger partial charge on any atom is 0.115 e. The summed E-state index contributed by atoms with van der Waals surface area (Å²) in [6.07, 6.45) is 9.19. The van der Waals surface area contributed by atoms with Crippen molar-refractivity contribution in [3.8, 4) is 12.3 Å². The number of nitrogens with zero attached hydrogens (tertiary/aromatic N) is 2. The van der Waals surface area contributed by atoms with Crippen molar-refractivity contribution in [3.63, 3.8) is 0 Å². The van der Waals surface area contributed by atoms with Crippen LogP contribution in [0.25, 0.3) is 0 Å². The van der Waals surface area contributed by atoms with Crippen molar-refractivity contribution in [1.82, 2.24) is 9.97 Å². The lowest BCUT2D eigenvalue weighted by Gasteiger charge is -2.03. The average Bonchev–Trinajstić information content (AvgIpc) is 2.07. The van der Waals surface area contributed by atoms with Crippen LogP contribution in [-0.4, -0.2) is 15.1 Å². The molecule has 0 aromatic carbocycles. The SMILES string of the molecule is C#CCC(O)c1cncnc1. The van der Waals surface area contributed by atoms with E-state index in [0.29, 0.717) is 12.0 Å². The van der Waals surface area contributed by atoms with Gasteiger partial charge in [0.25, 0.3) is 0 Å². The van der Waals surface area contributed by atoms with Crippen molar-refractivity contribution in [1.29, 1.82) is 0 Å². The van der Waals surface area contributed by atoms with Crippen LogP contribution in [0, 0.1) is 12.3 Å². The molecule has 1 atom stereocenters. The van der Waals surface area contributed by atoms with Crippen LogP contribution >= 0.6 is 0 Å². The van der Waals surface area contributed by atoms with Crippen LogP contribution in [0.4, 0.5) is 0 Å². The van der Waals surface area contributed by atoms with Gasteiger partial charge in [0, 0.05) is 24.4 Å². The first kappa shape index (κ1) is 7.70. The zero-order valence-electron chi connectivity index (χ0n) is 5.94. The molecule has 0 saturated carbocycles. The molecule has 1 aromatic rings. The second-order valence-electron chi connectivity index (χ2n) is 2.10. The summed E-state index contributed by atoms with van der Waals surface area (Å²) in [6.45, 7) is 0. The van der Waals surface area contributed by atoms with Gasteiger partial charge < -0.3 is 5.11 Å². The van der Waals surface area contributed by atoms with Gasteiger partial charge in [0.1, 0.15) is 6.33 Å². The van der Waals surface area contributed by atoms with E-state index in [-0.39, 0.29) is 0 Å². The van der Waals surface area contributed by atoms with Gasteiger partial charge in [0.05, 0.1) is 6.10 Å². The number of aliphatic hydroxyl groups is 1. The molecule has 1 aromatic heterocycles. The molecular formula is C8H8N2O. The summed E-state index contributed by atoms with van der Waals surface area (Å²) >= 11 is 0. The van der Waals surface area contributed by atoms with Crippen molar-refractivity contribution in [3.05, 3.63) is 24.3 Å². The van der Waals surface area contributed by atoms with Crippen LogP contribution in [0.5, 0.6) is 0 Å². The summed E-state index contributed by atoms with van der Waals surface area (Å²) in [5.41, 5.74) is 0.658. The monoisotopic (exact) mass is 148 g/mol. The van der Waals surface area contributed by atoms with Crippen molar-refractivity contribution in [2.75, 3.05) is 0 Å². The predicted octanol–water partition coefficient (Wildman–Crippen LogP) is 0.533. The molecular weight excluding hydrogens is 140 g/mol. The third-order valence-electron chi connectivity index (χ3n) is 1.28. The molecule has 1 N–H and O–H groups in total. The molecule has 0 radical (unpaired) electrons. The highest BCUT2D eigenvalue weighted by Crippen LogP contribution is 2.12. The number of aliphatic hydroxyl groups excluding tert-OH is 1. The Bertz CT molecular complexity index is 253. The van der Waals surface area contributed by atoms with Crippen LogP contribution in [0.3, 0.4) is 0 Å². The second-order valence-corrected chi connectivity index (χ2v) is 2.10. The molecule has 1 heterocycles. The van der Waals surface area contributed by atoms with E-state index in [0.717, 1.165) is 0 Å². The van der Waals surface area contributed by atoms with Crippen molar-refractivity contribution in [2.45, 2.75) is 12.5 Å². The van der Waals surface area contributed by atoms with E-state index in [9.17, 15) is 5.11 Å². The summed E-state index contributed by atoms with van der Waals surface area (Å²) in [6, 6.07) is 0. The van der Waals surface area contributed by atoms with E-state index in [2.05, 4.69) is 15.9 Å². The fourth-order valence-corrected chi connectivity index (χ4v) is 0.712. The zero-order chi connectivity index (χ0) is 8.10. The number of hydrogen-bond acceptors (Lipinski definition) is 3. The molecule has 0 aliphatic carbocycles. The highest BCUT2D eigenvalue weighted by atomic mass is 16.3. The van der Waals surface area contributed by atoms with Crippen LogP contribution in [0.1, 0.15) is 18.1 Å². The van der Waals surface area contributed by atoms with E-state index in [1.165, 1.54) is 6.33 Å². The van der Waals surface area contributed by atoms with E-state index in [4.69, 9.17) is 6.42 Å². The number of aromatic nitrogens is 2. The topological polar surface area (TPSA) is 46.0 Å². The fourth-order valence-electron chi connectivity index (χ4n) is 0.712. The van der Waals surface area contributed by atoms with Crippen LogP contribution in [0.2, 0.25) is 0 Å². The lowest BCUT2D eigenvalue weighted by molar-refractivity contribution is 0.183. The molecule has 0 aliphatic rings. The van der Waals surface area contributed by atoms with Gasteiger partial charge in [0.15, 0.2) is 0 Å². The van der Waals surface area contributed by atoms with E-state index in [1.807, 2.05) is 0 Å². The molecule has 0 saturated heterocycles. The quantitative estimate of drug-likeness (QED) is 0.622. The van der Waals surface area contributed by atoms with Gasteiger partial charge in [-0.1, -0.05) is 0 Å². The van der Waals surface area contributed by atoms with Gasteiger partial charge in [-0.05, 0) is 0 Å². The minimum Gasteiger partial charge on any atom is -0.387 e. The maximum atomic E-state index is 9.30. The van der Waals surface area contributed by atoms with Crippen molar-refractivity contribution in [2.24, 2.45) is 0 Å². The minimum atomic E-state index is -0.638. The molecule has 3 nitrogen and oxygen atoms in total. The van der Waals surface area contributed by atoms with Gasteiger partial charge in [-0.3, -0.25) is 0 Å². The highest BCUT2D eigenvalue weighted by Gasteiger charge is 2.04. The van der Waals surface area contributed by atoms with Gasteiger partial charge in [-0.15, -0.1) is 12.3 Å². The van der Waals surface area contributed by atoms with E-state index >= 15 is 0 Å². The van der Waals surface area contributed by atoms with Crippen LogP contribution in [-0.2, 0) is 0 Å². The molecule has 11 heavy (non-hydrogen) atoms. The highest BCUT2D eigenvalue weighted by molar-refractivity contribution is 5.09. The Morgan fingerprint density at radius 2 is 2.18 bits per heavy atom. The van der Waals surface area contributed by atoms with E-state index in [1.54, 1.807) is 12.4 Å². The summed E-state index contributed by atoms with van der Waals surface area (Å²) in [5, 5.41) is 9.30. The Kier molecular flexibility index (Phi) is 2.59.